The van der Waals surface area contributed by atoms with Gasteiger partial charge in [-0.05, 0) is 93.3 Å². The number of carboxylic acids is 1. The SMILES string of the molecule is C[C@H]1O[C@@H](OC2CC[C@@]3(C)C(CC[C@@H]4[C@H]3CC[C@]3(C)C(C(=O)O)CC[C@@]43N)C2)[C@@H](O)[C@@H](O)[C@@H]1O. The van der Waals surface area contributed by atoms with Gasteiger partial charge in [0, 0.05) is 5.54 Å². The summed E-state index contributed by atoms with van der Waals surface area (Å²) in [5.74, 6) is 0.295. The number of carbonyl (C=O) groups is 1. The summed E-state index contributed by atoms with van der Waals surface area (Å²) in [4.78, 5) is 12.0. The number of fused-ring (bicyclic) bond motifs is 5. The second-order valence-electron chi connectivity index (χ2n) is 12.6. The van der Waals surface area contributed by atoms with Crippen molar-refractivity contribution in [3.63, 3.8) is 0 Å². The van der Waals surface area contributed by atoms with Crippen LogP contribution in [0.3, 0.4) is 0 Å². The van der Waals surface area contributed by atoms with Gasteiger partial charge >= 0.3 is 5.97 Å². The number of hydrogen-bond acceptors (Lipinski definition) is 7. The van der Waals surface area contributed by atoms with Crippen LogP contribution in [0.2, 0.25) is 0 Å². The summed E-state index contributed by atoms with van der Waals surface area (Å²) in [5, 5.41) is 40.3. The van der Waals surface area contributed by atoms with Gasteiger partial charge in [-0.15, -0.1) is 0 Å². The Labute approximate surface area is 202 Å². The molecule has 1 aliphatic heterocycles. The van der Waals surface area contributed by atoms with E-state index in [4.69, 9.17) is 15.2 Å². The van der Waals surface area contributed by atoms with E-state index in [0.717, 1.165) is 51.4 Å². The van der Waals surface area contributed by atoms with Gasteiger partial charge < -0.3 is 35.6 Å². The Morgan fingerprint density at radius 3 is 2.38 bits per heavy atom. The van der Waals surface area contributed by atoms with Crippen LogP contribution >= 0.6 is 0 Å². The Kier molecular flexibility index (Phi) is 6.14. The normalized spacial score (nSPS) is 57.4. The summed E-state index contributed by atoms with van der Waals surface area (Å²) >= 11 is 0. The molecule has 1 heterocycles. The van der Waals surface area contributed by atoms with Gasteiger partial charge in [-0.2, -0.15) is 0 Å². The highest BCUT2D eigenvalue weighted by atomic mass is 16.7. The van der Waals surface area contributed by atoms with Crippen LogP contribution in [0.4, 0.5) is 0 Å². The topological polar surface area (TPSA) is 142 Å². The quantitative estimate of drug-likeness (QED) is 0.385. The summed E-state index contributed by atoms with van der Waals surface area (Å²) in [7, 11) is 0. The fraction of sp³-hybridized carbons (Fsp3) is 0.962. The van der Waals surface area contributed by atoms with E-state index in [9.17, 15) is 25.2 Å². The molecule has 0 bridgehead atoms. The molecular formula is C26H43NO7. The Balaban J connectivity index is 1.29. The van der Waals surface area contributed by atoms with Crippen molar-refractivity contribution in [2.45, 2.75) is 121 Å². The molecule has 8 heteroatoms. The van der Waals surface area contributed by atoms with Crippen molar-refractivity contribution in [2.75, 3.05) is 0 Å². The summed E-state index contributed by atoms with van der Waals surface area (Å²) in [6.45, 7) is 6.22. The first-order chi connectivity index (χ1) is 15.9. The molecule has 5 rings (SSSR count). The van der Waals surface area contributed by atoms with Crippen LogP contribution in [0.15, 0.2) is 0 Å². The molecule has 4 saturated carbocycles. The Bertz CT molecular complexity index is 810. The van der Waals surface area contributed by atoms with Crippen molar-refractivity contribution in [1.82, 2.24) is 0 Å². The van der Waals surface area contributed by atoms with E-state index in [0.29, 0.717) is 24.2 Å². The molecule has 34 heavy (non-hydrogen) atoms. The molecule has 8 nitrogen and oxygen atoms in total. The second kappa shape index (κ2) is 8.38. The summed E-state index contributed by atoms with van der Waals surface area (Å²) in [6, 6.07) is 0. The number of hydrogen-bond donors (Lipinski definition) is 5. The average molecular weight is 482 g/mol. The predicted molar refractivity (Wildman–Crippen MR) is 124 cm³/mol. The van der Waals surface area contributed by atoms with Gasteiger partial charge in [0.2, 0.25) is 0 Å². The van der Waals surface area contributed by atoms with E-state index in [2.05, 4.69) is 13.8 Å². The van der Waals surface area contributed by atoms with Crippen molar-refractivity contribution in [3.05, 3.63) is 0 Å². The van der Waals surface area contributed by atoms with Crippen molar-refractivity contribution in [3.8, 4) is 0 Å². The molecule has 0 aromatic carbocycles. The summed E-state index contributed by atoms with van der Waals surface area (Å²) in [5.41, 5.74) is 6.59. The molecule has 0 aromatic rings. The summed E-state index contributed by atoms with van der Waals surface area (Å²) in [6.07, 6.45) is 2.93. The highest BCUT2D eigenvalue weighted by molar-refractivity contribution is 5.72. The molecule has 0 radical (unpaired) electrons. The number of rotatable bonds is 3. The van der Waals surface area contributed by atoms with E-state index in [-0.39, 0.29) is 22.9 Å². The lowest BCUT2D eigenvalue weighted by atomic mass is 9.42. The van der Waals surface area contributed by atoms with Gasteiger partial charge in [0.1, 0.15) is 18.3 Å². The fourth-order valence-corrected chi connectivity index (χ4v) is 9.12. The Morgan fingerprint density at radius 1 is 0.941 bits per heavy atom. The van der Waals surface area contributed by atoms with E-state index in [1.165, 1.54) is 0 Å². The minimum absolute atomic E-state index is 0.0625. The van der Waals surface area contributed by atoms with Gasteiger partial charge in [-0.3, -0.25) is 4.79 Å². The molecule has 13 atom stereocenters. The van der Waals surface area contributed by atoms with Gasteiger partial charge in [-0.1, -0.05) is 13.8 Å². The van der Waals surface area contributed by atoms with Crippen molar-refractivity contribution in [1.29, 1.82) is 0 Å². The Morgan fingerprint density at radius 2 is 1.68 bits per heavy atom. The van der Waals surface area contributed by atoms with Crippen LogP contribution in [-0.2, 0) is 14.3 Å². The molecule has 0 aromatic heterocycles. The molecule has 4 aliphatic carbocycles. The molecular weight excluding hydrogens is 438 g/mol. The molecule has 0 spiro atoms. The lowest BCUT2D eigenvalue weighted by Crippen LogP contribution is -2.66. The van der Waals surface area contributed by atoms with E-state index in [1.807, 2.05) is 0 Å². The van der Waals surface area contributed by atoms with Gasteiger partial charge in [0.25, 0.3) is 0 Å². The molecule has 0 amide bonds. The smallest absolute Gasteiger partial charge is 0.307 e. The third-order valence-corrected chi connectivity index (χ3v) is 11.4. The summed E-state index contributed by atoms with van der Waals surface area (Å²) < 4.78 is 11.9. The molecule has 3 unspecified atom stereocenters. The largest absolute Gasteiger partial charge is 0.481 e. The molecule has 5 fully saturated rings. The van der Waals surface area contributed by atoms with E-state index < -0.39 is 42.2 Å². The zero-order valence-electron chi connectivity index (χ0n) is 20.7. The van der Waals surface area contributed by atoms with Crippen LogP contribution in [0, 0.1) is 34.5 Å². The monoisotopic (exact) mass is 481 g/mol. The predicted octanol–water partition coefficient (Wildman–Crippen LogP) is 2.02. The maximum atomic E-state index is 12.0. The van der Waals surface area contributed by atoms with Crippen LogP contribution in [-0.4, -0.2) is 68.7 Å². The van der Waals surface area contributed by atoms with Crippen molar-refractivity contribution in [2.24, 2.45) is 40.2 Å². The van der Waals surface area contributed by atoms with Crippen LogP contribution in [0.5, 0.6) is 0 Å². The highest BCUT2D eigenvalue weighted by Crippen LogP contribution is 2.68. The maximum absolute atomic E-state index is 12.0. The maximum Gasteiger partial charge on any atom is 0.307 e. The standard InChI is InChI=1S/C26H43NO7/c1-13-19(28)20(29)21(30)23(33-13)34-15-6-9-24(2)14(12-15)4-5-17-16(24)7-10-25(3)18(22(31)32)8-11-26(17,25)27/h13-21,23,28-30H,4-12,27H2,1-3H3,(H,31,32)/t13-,14?,15?,16-,17-,18?,19-,20+,21+,23+,24+,25-,26-/m1/s1. The van der Waals surface area contributed by atoms with Crippen LogP contribution in [0.1, 0.15) is 78.6 Å². The van der Waals surface area contributed by atoms with Crippen LogP contribution < -0.4 is 5.73 Å². The van der Waals surface area contributed by atoms with Gasteiger partial charge in [-0.25, -0.2) is 0 Å². The molecule has 194 valence electrons. The number of ether oxygens (including phenoxy) is 2. The molecule has 1 saturated heterocycles. The minimum Gasteiger partial charge on any atom is -0.481 e. The van der Waals surface area contributed by atoms with Gasteiger partial charge in [0.15, 0.2) is 6.29 Å². The number of aliphatic carboxylic acids is 1. The fourth-order valence-electron chi connectivity index (χ4n) is 9.12. The average Bonchev–Trinajstić information content (AvgIpc) is 3.07. The van der Waals surface area contributed by atoms with Crippen molar-refractivity contribution >= 4 is 5.97 Å². The minimum atomic E-state index is -1.28. The number of aliphatic hydroxyl groups excluding tert-OH is 3. The zero-order chi connectivity index (χ0) is 24.6. The highest BCUT2D eigenvalue weighted by Gasteiger charge is 2.67. The Hall–Kier alpha value is -0.770. The second-order valence-corrected chi connectivity index (χ2v) is 12.6. The third kappa shape index (κ3) is 3.43. The lowest BCUT2D eigenvalue weighted by molar-refractivity contribution is -0.309. The first kappa shape index (κ1) is 24.9. The van der Waals surface area contributed by atoms with Crippen molar-refractivity contribution < 1.29 is 34.7 Å². The number of aliphatic hydroxyl groups is 3. The van der Waals surface area contributed by atoms with Crippen LogP contribution in [0.25, 0.3) is 0 Å². The zero-order valence-corrected chi connectivity index (χ0v) is 20.7. The lowest BCUT2D eigenvalue weighted by Gasteiger charge is -2.64. The number of carboxylic acid groups (broad SMARTS) is 1. The first-order valence-corrected chi connectivity index (χ1v) is 13.3. The molecule has 6 N–H and O–H groups in total. The third-order valence-electron chi connectivity index (χ3n) is 11.4. The number of nitrogens with two attached hydrogens (primary N) is 1. The van der Waals surface area contributed by atoms with Gasteiger partial charge in [0.05, 0.1) is 18.1 Å². The first-order valence-electron chi connectivity index (χ1n) is 13.3. The molecule has 5 aliphatic rings. The van der Waals surface area contributed by atoms with E-state index in [1.54, 1.807) is 6.92 Å². The van der Waals surface area contributed by atoms with E-state index >= 15 is 0 Å².